The molecule has 0 fully saturated rings. The van der Waals surface area contributed by atoms with Crippen molar-refractivity contribution in [3.63, 3.8) is 0 Å². The van der Waals surface area contributed by atoms with E-state index >= 15 is 0 Å². The quantitative estimate of drug-likeness (QED) is 0.188. The smallest absolute Gasteiger partial charge is 0.222 e. The summed E-state index contributed by atoms with van der Waals surface area (Å²) in [5.74, 6) is 0.183. The van der Waals surface area contributed by atoms with Crippen LogP contribution in [-0.4, -0.2) is 29.6 Å². The first kappa shape index (κ1) is 25.4. The van der Waals surface area contributed by atoms with Gasteiger partial charge in [-0.2, -0.15) is 0 Å². The maximum absolute atomic E-state index is 13.0. The van der Waals surface area contributed by atoms with Crippen LogP contribution in [0.15, 0.2) is 120 Å². The molecule has 3 nitrogen and oxygen atoms in total. The van der Waals surface area contributed by atoms with Gasteiger partial charge in [-0.3, -0.25) is 9.79 Å². The van der Waals surface area contributed by atoms with E-state index in [1.165, 1.54) is 21.5 Å². The summed E-state index contributed by atoms with van der Waals surface area (Å²) in [5, 5.41) is 4.72. The molecule has 1 unspecified atom stereocenters. The van der Waals surface area contributed by atoms with E-state index in [0.29, 0.717) is 12.8 Å². The van der Waals surface area contributed by atoms with E-state index in [9.17, 15) is 4.79 Å². The van der Waals surface area contributed by atoms with Crippen LogP contribution in [0.25, 0.3) is 21.5 Å². The Morgan fingerprint density at radius 3 is 1.71 bits per heavy atom. The van der Waals surface area contributed by atoms with Crippen molar-refractivity contribution in [1.82, 2.24) is 4.90 Å². The third kappa shape index (κ3) is 5.38. The average Bonchev–Trinajstić information content (AvgIpc) is 2.98. The zero-order valence-corrected chi connectivity index (χ0v) is 22.2. The Morgan fingerprint density at radius 2 is 1.16 bits per heavy atom. The minimum absolute atomic E-state index is 0.149. The average molecular weight is 499 g/mol. The maximum atomic E-state index is 13.0. The summed E-state index contributed by atoms with van der Waals surface area (Å²) in [6.45, 7) is 5.53. The summed E-state index contributed by atoms with van der Waals surface area (Å²) in [4.78, 5) is 20.4. The lowest BCUT2D eigenvalue weighted by Gasteiger charge is -2.21. The molecule has 0 saturated heterocycles. The molecule has 1 atom stereocenters. The molecule has 0 aliphatic heterocycles. The van der Waals surface area contributed by atoms with Gasteiger partial charge in [-0.1, -0.05) is 115 Å². The zero-order chi connectivity index (χ0) is 26.3. The van der Waals surface area contributed by atoms with E-state index < -0.39 is 0 Å². The lowest BCUT2D eigenvalue weighted by atomic mass is 9.92. The zero-order valence-electron chi connectivity index (χ0n) is 22.2. The van der Waals surface area contributed by atoms with Crippen LogP contribution in [0.1, 0.15) is 49.4 Å². The Kier molecular flexibility index (Phi) is 7.94. The van der Waals surface area contributed by atoms with Gasteiger partial charge in [0.15, 0.2) is 0 Å². The summed E-state index contributed by atoms with van der Waals surface area (Å²) in [6, 6.07) is 40.1. The van der Waals surface area contributed by atoms with E-state index in [2.05, 4.69) is 109 Å². The van der Waals surface area contributed by atoms with Crippen molar-refractivity contribution in [2.24, 2.45) is 4.99 Å². The summed E-state index contributed by atoms with van der Waals surface area (Å²) in [6.07, 6.45) is 1.11. The molecule has 0 aromatic heterocycles. The van der Waals surface area contributed by atoms with Gasteiger partial charge in [-0.15, -0.1) is 0 Å². The van der Waals surface area contributed by atoms with Gasteiger partial charge in [-0.05, 0) is 47.4 Å². The van der Waals surface area contributed by atoms with Crippen molar-refractivity contribution in [3.8, 4) is 0 Å². The van der Waals surface area contributed by atoms with Gasteiger partial charge in [-0.25, -0.2) is 0 Å². The lowest BCUT2D eigenvalue weighted by molar-refractivity contribution is -0.131. The Labute approximate surface area is 225 Å². The number of nitrogens with zero attached hydrogens (tertiary/aromatic N) is 2. The number of benzene rings is 5. The highest BCUT2D eigenvalue weighted by Gasteiger charge is 2.20. The van der Waals surface area contributed by atoms with Gasteiger partial charge in [0.25, 0.3) is 0 Å². The van der Waals surface area contributed by atoms with Gasteiger partial charge in [0.2, 0.25) is 5.91 Å². The highest BCUT2D eigenvalue weighted by Crippen LogP contribution is 2.31. The first-order valence-electron chi connectivity index (χ1n) is 13.6. The Balaban J connectivity index is 1.70. The van der Waals surface area contributed by atoms with Crippen molar-refractivity contribution in [1.29, 1.82) is 0 Å². The molecular formula is C35H34N2O. The molecule has 5 aromatic rings. The molecule has 0 spiro atoms. The summed E-state index contributed by atoms with van der Waals surface area (Å²) in [5.41, 5.74) is 4.30. The number of carbonyl (C=O) groups excluding carboxylic acids is 1. The second-order valence-electron chi connectivity index (χ2n) is 9.56. The molecule has 5 rings (SSSR count). The van der Waals surface area contributed by atoms with Crippen LogP contribution in [0, 0.1) is 0 Å². The molecule has 0 saturated carbocycles. The monoisotopic (exact) mass is 498 g/mol. The second kappa shape index (κ2) is 11.9. The standard InChI is InChI=1S/C35H34N2O/c1-3-37(4-2)34(38)25-24-33(28-16-6-5-7-17-28)36-35(31-22-12-18-26-14-8-10-20-29(26)31)32-23-13-19-27-15-9-11-21-30(27)32/h5-23,33H,3-4,24-25H2,1-2H3. The van der Waals surface area contributed by atoms with Crippen LogP contribution in [0.2, 0.25) is 0 Å². The van der Waals surface area contributed by atoms with Crippen LogP contribution in [0.3, 0.4) is 0 Å². The Hall–Kier alpha value is -4.24. The SMILES string of the molecule is CCN(CC)C(=O)CCC(N=C(c1cccc2ccccc12)c1cccc2ccccc12)c1ccccc1. The van der Waals surface area contributed by atoms with Gasteiger partial charge >= 0.3 is 0 Å². The predicted octanol–water partition coefficient (Wildman–Crippen LogP) is 8.22. The van der Waals surface area contributed by atoms with Gasteiger partial charge in [0.05, 0.1) is 11.8 Å². The summed E-state index contributed by atoms with van der Waals surface area (Å²) < 4.78 is 0. The third-order valence-electron chi connectivity index (χ3n) is 7.31. The van der Waals surface area contributed by atoms with Crippen LogP contribution in [-0.2, 0) is 4.79 Å². The molecule has 0 radical (unpaired) electrons. The number of hydrogen-bond donors (Lipinski definition) is 0. The van der Waals surface area contributed by atoms with Crippen LogP contribution < -0.4 is 0 Å². The van der Waals surface area contributed by atoms with Crippen molar-refractivity contribution in [2.45, 2.75) is 32.7 Å². The molecule has 0 heterocycles. The Bertz CT molecular complexity index is 1480. The molecule has 0 N–H and O–H groups in total. The van der Waals surface area contributed by atoms with Crippen molar-refractivity contribution < 1.29 is 4.79 Å². The Morgan fingerprint density at radius 1 is 0.658 bits per heavy atom. The van der Waals surface area contributed by atoms with E-state index in [-0.39, 0.29) is 11.9 Å². The molecular weight excluding hydrogens is 464 g/mol. The number of rotatable bonds is 9. The maximum Gasteiger partial charge on any atom is 0.222 e. The normalized spacial score (nSPS) is 11.8. The van der Waals surface area contributed by atoms with Gasteiger partial charge in [0.1, 0.15) is 0 Å². The first-order valence-corrected chi connectivity index (χ1v) is 13.6. The highest BCUT2D eigenvalue weighted by molar-refractivity contribution is 6.24. The summed E-state index contributed by atoms with van der Waals surface area (Å²) in [7, 11) is 0. The number of hydrogen-bond acceptors (Lipinski definition) is 2. The lowest BCUT2D eigenvalue weighted by Crippen LogP contribution is -2.30. The molecule has 0 aliphatic carbocycles. The van der Waals surface area contributed by atoms with Crippen LogP contribution >= 0.6 is 0 Å². The predicted molar refractivity (Wildman–Crippen MR) is 160 cm³/mol. The van der Waals surface area contributed by atoms with Gasteiger partial charge < -0.3 is 4.90 Å². The number of carbonyl (C=O) groups is 1. The molecule has 1 amide bonds. The second-order valence-corrected chi connectivity index (χ2v) is 9.56. The highest BCUT2D eigenvalue weighted by atomic mass is 16.2. The molecule has 190 valence electrons. The number of aliphatic imine (C=N–C) groups is 1. The minimum atomic E-state index is -0.149. The topological polar surface area (TPSA) is 32.7 Å². The van der Waals surface area contributed by atoms with Crippen molar-refractivity contribution in [2.75, 3.05) is 13.1 Å². The fraction of sp³-hybridized carbons (Fsp3) is 0.200. The molecule has 3 heteroatoms. The molecule has 38 heavy (non-hydrogen) atoms. The van der Waals surface area contributed by atoms with Crippen LogP contribution in [0.5, 0.6) is 0 Å². The van der Waals surface area contributed by atoms with Crippen molar-refractivity contribution >= 4 is 33.2 Å². The van der Waals surface area contributed by atoms with Crippen molar-refractivity contribution in [3.05, 3.63) is 132 Å². The van der Waals surface area contributed by atoms with E-state index in [1.807, 2.05) is 24.8 Å². The van der Waals surface area contributed by atoms with Crippen LogP contribution in [0.4, 0.5) is 0 Å². The van der Waals surface area contributed by atoms with Gasteiger partial charge in [0, 0.05) is 30.6 Å². The largest absolute Gasteiger partial charge is 0.343 e. The van der Waals surface area contributed by atoms with E-state index in [1.54, 1.807) is 0 Å². The number of fused-ring (bicyclic) bond motifs is 2. The fourth-order valence-corrected chi connectivity index (χ4v) is 5.28. The summed E-state index contributed by atoms with van der Waals surface area (Å²) >= 11 is 0. The minimum Gasteiger partial charge on any atom is -0.343 e. The molecule has 0 aliphatic rings. The van der Waals surface area contributed by atoms with E-state index in [0.717, 1.165) is 35.5 Å². The third-order valence-corrected chi connectivity index (χ3v) is 7.31. The molecule has 0 bridgehead atoms. The van der Waals surface area contributed by atoms with E-state index in [4.69, 9.17) is 4.99 Å². The fourth-order valence-electron chi connectivity index (χ4n) is 5.28. The first-order chi connectivity index (χ1) is 18.7. The number of amides is 1. The molecule has 5 aromatic carbocycles.